The Morgan fingerprint density at radius 3 is 2.78 bits per heavy atom. The standard InChI is InChI=1S/C16H18N4O6S/c21-14(17-8-10-4-3-7-26-10)11-5-1-2-6-12(11)20-27(24,25)13-9-18-16(23)19-15(13)22/h1-2,5-6,9-10,13,20H,3-4,7-8H2,(H,17,21)(H,19,22,23). The van der Waals surface area contributed by atoms with Gasteiger partial charge in [-0.15, -0.1) is 0 Å². The molecule has 10 nitrogen and oxygen atoms in total. The number of nitrogens with one attached hydrogen (secondary N) is 3. The van der Waals surface area contributed by atoms with Gasteiger partial charge in [0.1, 0.15) is 0 Å². The highest BCUT2D eigenvalue weighted by atomic mass is 32.2. The molecule has 0 aromatic heterocycles. The molecule has 4 amide bonds. The third-order valence-electron chi connectivity index (χ3n) is 4.09. The SMILES string of the molecule is O=C1N=CC(S(=O)(=O)Nc2ccccc2C(=O)NCC2CCCO2)C(=O)N1. The average Bonchev–Trinajstić information content (AvgIpc) is 3.13. The first-order valence-electron chi connectivity index (χ1n) is 8.26. The quantitative estimate of drug-likeness (QED) is 0.621. The molecule has 1 aromatic rings. The number of rotatable bonds is 6. The molecule has 0 radical (unpaired) electrons. The molecule has 1 aromatic carbocycles. The number of aliphatic imine (C=N–C) groups is 1. The highest BCUT2D eigenvalue weighted by molar-refractivity contribution is 7.94. The van der Waals surface area contributed by atoms with Crippen molar-refractivity contribution in [3.63, 3.8) is 0 Å². The van der Waals surface area contributed by atoms with E-state index in [9.17, 15) is 22.8 Å². The molecule has 2 unspecified atom stereocenters. The van der Waals surface area contributed by atoms with Gasteiger partial charge in [-0.1, -0.05) is 12.1 Å². The molecule has 1 saturated heterocycles. The summed E-state index contributed by atoms with van der Waals surface area (Å²) >= 11 is 0. The van der Waals surface area contributed by atoms with Crippen LogP contribution in [0.2, 0.25) is 0 Å². The number of nitrogens with zero attached hydrogens (tertiary/aromatic N) is 1. The zero-order chi connectivity index (χ0) is 19.4. The number of anilines is 1. The van der Waals surface area contributed by atoms with Gasteiger partial charge in [0, 0.05) is 19.4 Å². The predicted molar refractivity (Wildman–Crippen MR) is 96.1 cm³/mol. The zero-order valence-electron chi connectivity index (χ0n) is 14.2. The summed E-state index contributed by atoms with van der Waals surface area (Å²) in [5.41, 5.74) is 0.115. The summed E-state index contributed by atoms with van der Waals surface area (Å²) in [7, 11) is -4.26. The summed E-state index contributed by atoms with van der Waals surface area (Å²) in [5.74, 6) is -1.48. The van der Waals surface area contributed by atoms with Gasteiger partial charge >= 0.3 is 6.03 Å². The highest BCUT2D eigenvalue weighted by Gasteiger charge is 2.35. The summed E-state index contributed by atoms with van der Waals surface area (Å²) in [4.78, 5) is 38.5. The molecule has 0 aliphatic carbocycles. The van der Waals surface area contributed by atoms with Crippen LogP contribution in [-0.2, 0) is 19.6 Å². The summed E-state index contributed by atoms with van der Waals surface area (Å²) in [6.45, 7) is 0.976. The van der Waals surface area contributed by atoms with Crippen molar-refractivity contribution in [1.29, 1.82) is 0 Å². The van der Waals surface area contributed by atoms with Gasteiger partial charge in [0.05, 0.1) is 17.4 Å². The van der Waals surface area contributed by atoms with Crippen molar-refractivity contribution in [2.45, 2.75) is 24.2 Å². The lowest BCUT2D eigenvalue weighted by Crippen LogP contribution is -2.48. The Kier molecular flexibility index (Phi) is 5.51. The smallest absolute Gasteiger partial charge is 0.347 e. The van der Waals surface area contributed by atoms with E-state index in [1.807, 2.05) is 5.32 Å². The van der Waals surface area contributed by atoms with Crippen molar-refractivity contribution in [3.8, 4) is 0 Å². The van der Waals surface area contributed by atoms with Crippen molar-refractivity contribution in [2.75, 3.05) is 17.9 Å². The largest absolute Gasteiger partial charge is 0.376 e. The number of amides is 4. The number of ether oxygens (including phenoxy) is 1. The van der Waals surface area contributed by atoms with Crippen LogP contribution >= 0.6 is 0 Å². The Bertz CT molecular complexity index is 892. The second kappa shape index (κ2) is 7.84. The second-order valence-corrected chi connectivity index (χ2v) is 7.83. The molecule has 1 fully saturated rings. The normalized spacial score (nSPS) is 22.4. The third kappa shape index (κ3) is 4.49. The first-order valence-corrected chi connectivity index (χ1v) is 9.81. The Hall–Kier alpha value is -2.79. The van der Waals surface area contributed by atoms with E-state index in [0.717, 1.165) is 19.1 Å². The maximum Gasteiger partial charge on any atom is 0.347 e. The molecule has 27 heavy (non-hydrogen) atoms. The molecule has 2 aliphatic rings. The van der Waals surface area contributed by atoms with Gasteiger partial charge in [-0.05, 0) is 25.0 Å². The minimum absolute atomic E-state index is 0.0143. The maximum atomic E-state index is 12.5. The second-order valence-electron chi connectivity index (χ2n) is 6.03. The Morgan fingerprint density at radius 2 is 2.07 bits per heavy atom. The minimum Gasteiger partial charge on any atom is -0.376 e. The van der Waals surface area contributed by atoms with E-state index < -0.39 is 33.1 Å². The van der Waals surface area contributed by atoms with Crippen LogP contribution in [0.4, 0.5) is 10.5 Å². The number of imide groups is 1. The first-order chi connectivity index (χ1) is 12.9. The predicted octanol–water partition coefficient (Wildman–Crippen LogP) is 0.0263. The number of carbonyl (C=O) groups excluding carboxylic acids is 3. The van der Waals surface area contributed by atoms with Gasteiger partial charge in [-0.3, -0.25) is 19.6 Å². The molecule has 3 N–H and O–H groups in total. The number of urea groups is 1. The minimum atomic E-state index is -4.26. The Balaban J connectivity index is 1.75. The van der Waals surface area contributed by atoms with Gasteiger partial charge in [-0.25, -0.2) is 18.2 Å². The number of benzene rings is 1. The van der Waals surface area contributed by atoms with Crippen LogP contribution in [0.25, 0.3) is 0 Å². The monoisotopic (exact) mass is 394 g/mol. The number of hydrogen-bond acceptors (Lipinski definition) is 6. The van der Waals surface area contributed by atoms with Gasteiger partial charge in [-0.2, -0.15) is 0 Å². The van der Waals surface area contributed by atoms with Crippen LogP contribution in [-0.4, -0.2) is 57.0 Å². The topological polar surface area (TPSA) is 143 Å². The van der Waals surface area contributed by atoms with E-state index in [4.69, 9.17) is 4.74 Å². The molecular formula is C16H18N4O6S. The molecule has 0 saturated carbocycles. The molecule has 11 heteroatoms. The van der Waals surface area contributed by atoms with Crippen LogP contribution in [0, 0.1) is 0 Å². The summed E-state index contributed by atoms with van der Waals surface area (Å²) in [6, 6.07) is 5.07. The van der Waals surface area contributed by atoms with Crippen molar-refractivity contribution < 1.29 is 27.5 Å². The fourth-order valence-electron chi connectivity index (χ4n) is 2.73. The molecule has 144 valence electrons. The van der Waals surface area contributed by atoms with E-state index in [1.54, 1.807) is 12.1 Å². The lowest BCUT2D eigenvalue weighted by molar-refractivity contribution is -0.118. The molecule has 0 spiro atoms. The van der Waals surface area contributed by atoms with Crippen LogP contribution < -0.4 is 15.4 Å². The van der Waals surface area contributed by atoms with E-state index in [0.29, 0.717) is 13.2 Å². The van der Waals surface area contributed by atoms with Crippen molar-refractivity contribution in [2.24, 2.45) is 4.99 Å². The van der Waals surface area contributed by atoms with E-state index in [2.05, 4.69) is 15.0 Å². The van der Waals surface area contributed by atoms with Crippen LogP contribution in [0.15, 0.2) is 29.3 Å². The van der Waals surface area contributed by atoms with Gasteiger partial charge in [0.2, 0.25) is 10.0 Å². The molecule has 2 aliphatic heterocycles. The van der Waals surface area contributed by atoms with Gasteiger partial charge < -0.3 is 10.1 Å². The molecule has 2 atom stereocenters. The lowest BCUT2D eigenvalue weighted by Gasteiger charge is -2.18. The van der Waals surface area contributed by atoms with E-state index in [1.165, 1.54) is 12.1 Å². The number of sulfonamides is 1. The molecule has 0 bridgehead atoms. The number of hydrogen-bond donors (Lipinski definition) is 3. The maximum absolute atomic E-state index is 12.5. The van der Waals surface area contributed by atoms with Crippen molar-refractivity contribution >= 4 is 39.8 Å². The summed E-state index contributed by atoms with van der Waals surface area (Å²) < 4.78 is 32.6. The van der Waals surface area contributed by atoms with E-state index >= 15 is 0 Å². The van der Waals surface area contributed by atoms with Crippen LogP contribution in [0.1, 0.15) is 23.2 Å². The van der Waals surface area contributed by atoms with Crippen LogP contribution in [0.5, 0.6) is 0 Å². The summed E-state index contributed by atoms with van der Waals surface area (Å²) in [5, 5.41) is 2.85. The fourth-order valence-corrected chi connectivity index (χ4v) is 3.90. The highest BCUT2D eigenvalue weighted by Crippen LogP contribution is 2.19. The molecular weight excluding hydrogens is 376 g/mol. The third-order valence-corrected chi connectivity index (χ3v) is 5.60. The summed E-state index contributed by atoms with van der Waals surface area (Å²) in [6.07, 6.45) is 2.48. The average molecular weight is 394 g/mol. The van der Waals surface area contributed by atoms with Crippen LogP contribution in [0.3, 0.4) is 0 Å². The molecule has 2 heterocycles. The molecule has 3 rings (SSSR count). The van der Waals surface area contributed by atoms with Crippen molar-refractivity contribution in [3.05, 3.63) is 29.8 Å². The number of para-hydroxylation sites is 1. The Labute approximate surface area is 155 Å². The Morgan fingerprint density at radius 1 is 1.30 bits per heavy atom. The van der Waals surface area contributed by atoms with E-state index in [-0.39, 0.29) is 17.4 Å². The first kappa shape index (κ1) is 19.0. The lowest BCUT2D eigenvalue weighted by atomic mass is 10.1. The van der Waals surface area contributed by atoms with Crippen molar-refractivity contribution in [1.82, 2.24) is 10.6 Å². The number of carbonyl (C=O) groups is 3. The van der Waals surface area contributed by atoms with Gasteiger partial charge in [0.25, 0.3) is 11.8 Å². The fraction of sp³-hybridized carbons (Fsp3) is 0.375. The van der Waals surface area contributed by atoms with Gasteiger partial charge in [0.15, 0.2) is 5.25 Å². The zero-order valence-corrected chi connectivity index (χ0v) is 15.0.